The number of hydrogen-bond donors (Lipinski definition) is 0. The van der Waals surface area contributed by atoms with Crippen molar-refractivity contribution in [2.24, 2.45) is 5.92 Å². The van der Waals surface area contributed by atoms with E-state index < -0.39 is 0 Å². The van der Waals surface area contributed by atoms with E-state index in [-0.39, 0.29) is 5.56 Å². The number of rotatable bonds is 4. The molecule has 0 aliphatic carbocycles. The molecule has 31 heavy (non-hydrogen) atoms. The van der Waals surface area contributed by atoms with Gasteiger partial charge < -0.3 is 9.30 Å². The van der Waals surface area contributed by atoms with Crippen LogP contribution in [-0.2, 0) is 13.1 Å². The smallest absolute Gasteiger partial charge is 0.250 e. The fraction of sp³-hybridized carbons (Fsp3) is 0.308. The van der Waals surface area contributed by atoms with E-state index in [4.69, 9.17) is 4.74 Å². The van der Waals surface area contributed by atoms with Gasteiger partial charge in [-0.15, -0.1) is 0 Å². The molecule has 2 aliphatic rings. The molecule has 0 spiro atoms. The lowest BCUT2D eigenvalue weighted by Crippen LogP contribution is -2.47. The molecular weight excluding hydrogens is 386 g/mol. The molecule has 0 saturated carbocycles. The van der Waals surface area contributed by atoms with Crippen LogP contribution in [0.15, 0.2) is 65.5 Å². The lowest BCUT2D eigenvalue weighted by Gasteiger charge is -2.43. The van der Waals surface area contributed by atoms with E-state index in [1.54, 1.807) is 13.2 Å². The summed E-state index contributed by atoms with van der Waals surface area (Å²) >= 11 is 0. The van der Waals surface area contributed by atoms with Gasteiger partial charge in [0.2, 0.25) is 0 Å². The van der Waals surface area contributed by atoms with Crippen molar-refractivity contribution in [3.05, 3.63) is 87.8 Å². The van der Waals surface area contributed by atoms with Crippen molar-refractivity contribution in [2.75, 3.05) is 20.2 Å². The van der Waals surface area contributed by atoms with Gasteiger partial charge in [0.25, 0.3) is 5.56 Å². The maximum atomic E-state index is 12.7. The molecule has 5 heteroatoms. The molecule has 3 aromatic rings. The molecule has 1 saturated heterocycles. The van der Waals surface area contributed by atoms with Gasteiger partial charge in [-0.1, -0.05) is 24.3 Å². The number of methoxy groups -OCH3 is 1. The molecule has 5 rings (SSSR count). The predicted octanol–water partition coefficient (Wildman–Crippen LogP) is 4.01. The van der Waals surface area contributed by atoms with Crippen LogP contribution in [0.5, 0.6) is 5.75 Å². The Morgan fingerprint density at radius 2 is 1.90 bits per heavy atom. The quantitative estimate of drug-likeness (QED) is 0.651. The van der Waals surface area contributed by atoms with E-state index in [9.17, 15) is 10.1 Å². The minimum absolute atomic E-state index is 0.0946. The third-order valence-electron chi connectivity index (χ3n) is 6.53. The van der Waals surface area contributed by atoms with E-state index >= 15 is 0 Å². The van der Waals surface area contributed by atoms with Crippen LogP contribution in [0.25, 0.3) is 11.1 Å². The summed E-state index contributed by atoms with van der Waals surface area (Å²) in [4.78, 5) is 15.2. The lowest BCUT2D eigenvalue weighted by molar-refractivity contribution is 0.115. The maximum Gasteiger partial charge on any atom is 0.250 e. The van der Waals surface area contributed by atoms with Crippen molar-refractivity contribution in [1.29, 1.82) is 5.26 Å². The highest BCUT2D eigenvalue weighted by atomic mass is 16.5. The number of ether oxygens (including phenoxy) is 1. The van der Waals surface area contributed by atoms with Crippen LogP contribution in [0, 0.1) is 17.2 Å². The molecule has 1 aromatic heterocycles. The predicted molar refractivity (Wildman–Crippen MR) is 120 cm³/mol. The number of benzene rings is 2. The third-order valence-corrected chi connectivity index (χ3v) is 6.53. The SMILES string of the molecule is COc1ccc(-c2ccc(=O)n3c2C2CC(CN(Cc4cccc(C#N)c4)C2)C3)cc1. The number of aromatic nitrogens is 1. The van der Waals surface area contributed by atoms with E-state index in [2.05, 4.69) is 29.2 Å². The largest absolute Gasteiger partial charge is 0.497 e. The van der Waals surface area contributed by atoms with Gasteiger partial charge in [0, 0.05) is 49.4 Å². The van der Waals surface area contributed by atoms with Crippen molar-refractivity contribution in [2.45, 2.75) is 25.4 Å². The summed E-state index contributed by atoms with van der Waals surface area (Å²) in [5.41, 5.74) is 5.37. The van der Waals surface area contributed by atoms with Crippen LogP contribution in [0.2, 0.25) is 0 Å². The molecule has 2 atom stereocenters. The molecule has 0 radical (unpaired) electrons. The number of nitrogens with zero attached hydrogens (tertiary/aromatic N) is 3. The molecular formula is C26H25N3O2. The van der Waals surface area contributed by atoms with Gasteiger partial charge in [-0.25, -0.2) is 0 Å². The summed E-state index contributed by atoms with van der Waals surface area (Å²) in [5.74, 6) is 1.61. The molecule has 2 unspecified atom stereocenters. The second-order valence-corrected chi connectivity index (χ2v) is 8.61. The number of nitriles is 1. The second-order valence-electron chi connectivity index (χ2n) is 8.61. The summed E-state index contributed by atoms with van der Waals surface area (Å²) in [6.07, 6.45) is 1.11. The van der Waals surface area contributed by atoms with Crippen molar-refractivity contribution in [3.8, 4) is 22.9 Å². The molecule has 156 valence electrons. The lowest BCUT2D eigenvalue weighted by atomic mass is 9.80. The van der Waals surface area contributed by atoms with E-state index in [1.807, 2.05) is 41.0 Å². The Balaban J connectivity index is 1.48. The van der Waals surface area contributed by atoms with Crippen LogP contribution in [0.1, 0.15) is 29.2 Å². The Morgan fingerprint density at radius 1 is 1.06 bits per heavy atom. The zero-order chi connectivity index (χ0) is 21.4. The average molecular weight is 412 g/mol. The Kier molecular flexibility index (Phi) is 5.09. The Hall–Kier alpha value is -3.36. The van der Waals surface area contributed by atoms with Crippen molar-refractivity contribution < 1.29 is 4.74 Å². The summed E-state index contributed by atoms with van der Waals surface area (Å²) in [7, 11) is 1.67. The van der Waals surface area contributed by atoms with E-state index in [0.717, 1.165) is 55.2 Å². The highest BCUT2D eigenvalue weighted by molar-refractivity contribution is 5.67. The third kappa shape index (κ3) is 3.75. The molecule has 2 aromatic carbocycles. The molecule has 1 fully saturated rings. The number of hydrogen-bond acceptors (Lipinski definition) is 4. The molecule has 2 bridgehead atoms. The zero-order valence-electron chi connectivity index (χ0n) is 17.6. The van der Waals surface area contributed by atoms with E-state index in [0.29, 0.717) is 17.4 Å². The standard InChI is InChI=1S/C26H25N3O2/c1-31-23-7-5-21(6-8-23)24-9-10-25(30)29-16-20-12-22(26(24)29)17-28(15-20)14-19-4-2-3-18(11-19)13-27/h2-11,20,22H,12,14-17H2,1H3. The van der Waals surface area contributed by atoms with Gasteiger partial charge >= 0.3 is 0 Å². The van der Waals surface area contributed by atoms with Crippen molar-refractivity contribution in [3.63, 3.8) is 0 Å². The summed E-state index contributed by atoms with van der Waals surface area (Å²) in [5, 5.41) is 9.20. The van der Waals surface area contributed by atoms with Crippen LogP contribution < -0.4 is 10.3 Å². The van der Waals surface area contributed by atoms with Gasteiger partial charge in [0.05, 0.1) is 18.7 Å². The molecule has 3 heterocycles. The molecule has 2 aliphatic heterocycles. The number of likely N-dealkylation sites (tertiary alicyclic amines) is 1. The molecule has 0 N–H and O–H groups in total. The minimum Gasteiger partial charge on any atom is -0.497 e. The van der Waals surface area contributed by atoms with Crippen molar-refractivity contribution in [1.82, 2.24) is 9.47 Å². The highest BCUT2D eigenvalue weighted by Gasteiger charge is 2.36. The topological polar surface area (TPSA) is 58.3 Å². The van der Waals surface area contributed by atoms with Crippen LogP contribution >= 0.6 is 0 Å². The minimum atomic E-state index is 0.0946. The van der Waals surface area contributed by atoms with Crippen LogP contribution in [0.3, 0.4) is 0 Å². The van der Waals surface area contributed by atoms with Crippen LogP contribution in [-0.4, -0.2) is 29.7 Å². The monoisotopic (exact) mass is 411 g/mol. The van der Waals surface area contributed by atoms with Crippen molar-refractivity contribution >= 4 is 0 Å². The summed E-state index contributed by atoms with van der Waals surface area (Å²) < 4.78 is 7.31. The first kappa shape index (κ1) is 19.6. The molecule has 0 amide bonds. The fourth-order valence-corrected chi connectivity index (χ4v) is 5.26. The number of piperidine rings is 1. The van der Waals surface area contributed by atoms with Gasteiger partial charge in [0.1, 0.15) is 5.75 Å². The number of fused-ring (bicyclic) bond motifs is 4. The number of pyridine rings is 1. The first-order valence-electron chi connectivity index (χ1n) is 10.7. The Morgan fingerprint density at radius 3 is 2.68 bits per heavy atom. The normalized spacial score (nSPS) is 20.0. The highest BCUT2D eigenvalue weighted by Crippen LogP contribution is 2.40. The first-order valence-corrected chi connectivity index (χ1v) is 10.7. The van der Waals surface area contributed by atoms with Gasteiger partial charge in [-0.3, -0.25) is 9.69 Å². The maximum absolute atomic E-state index is 12.7. The van der Waals surface area contributed by atoms with Crippen LogP contribution in [0.4, 0.5) is 0 Å². The summed E-state index contributed by atoms with van der Waals surface area (Å²) in [6.45, 7) is 3.49. The second kappa shape index (κ2) is 8.05. The fourth-order valence-electron chi connectivity index (χ4n) is 5.26. The molecule has 5 nitrogen and oxygen atoms in total. The van der Waals surface area contributed by atoms with E-state index in [1.165, 1.54) is 5.56 Å². The Labute approximate surface area is 182 Å². The van der Waals surface area contributed by atoms with Gasteiger partial charge in [0.15, 0.2) is 0 Å². The average Bonchev–Trinajstić information content (AvgIpc) is 2.80. The first-order chi connectivity index (χ1) is 15.1. The zero-order valence-corrected chi connectivity index (χ0v) is 17.6. The van der Waals surface area contributed by atoms with Gasteiger partial charge in [-0.2, -0.15) is 5.26 Å². The van der Waals surface area contributed by atoms with Gasteiger partial charge in [-0.05, 0) is 53.8 Å². The summed E-state index contributed by atoms with van der Waals surface area (Å²) in [6, 6.07) is 21.9. The Bertz CT molecular complexity index is 1210.